The van der Waals surface area contributed by atoms with E-state index in [-0.39, 0.29) is 18.4 Å². The van der Waals surface area contributed by atoms with Crippen molar-refractivity contribution in [2.75, 3.05) is 23.4 Å². The number of ether oxygens (including phenoxy) is 1. The van der Waals surface area contributed by atoms with E-state index in [2.05, 4.69) is 5.32 Å². The van der Waals surface area contributed by atoms with Crippen molar-refractivity contribution < 1.29 is 14.3 Å². The van der Waals surface area contributed by atoms with Crippen molar-refractivity contribution in [2.45, 2.75) is 12.8 Å². The number of carbonyl (C=O) groups excluding carboxylic acids is 2. The highest BCUT2D eigenvalue weighted by molar-refractivity contribution is 6.30. The number of amides is 2. The highest BCUT2D eigenvalue weighted by atomic mass is 35.5. The summed E-state index contributed by atoms with van der Waals surface area (Å²) in [6.45, 7) is 0.615. The van der Waals surface area contributed by atoms with E-state index in [1.807, 2.05) is 12.1 Å². The van der Waals surface area contributed by atoms with Crippen molar-refractivity contribution in [2.24, 2.45) is 0 Å². The van der Waals surface area contributed by atoms with Crippen molar-refractivity contribution in [3.63, 3.8) is 0 Å². The third-order valence-corrected chi connectivity index (χ3v) is 3.95. The van der Waals surface area contributed by atoms with Crippen LogP contribution in [0.25, 0.3) is 0 Å². The van der Waals surface area contributed by atoms with Gasteiger partial charge in [0.1, 0.15) is 5.75 Å². The van der Waals surface area contributed by atoms with E-state index in [1.54, 1.807) is 41.3 Å². The zero-order valence-corrected chi connectivity index (χ0v) is 13.8. The van der Waals surface area contributed by atoms with Crippen molar-refractivity contribution in [3.05, 3.63) is 53.6 Å². The number of nitrogens with zero attached hydrogens (tertiary/aromatic N) is 1. The molecule has 0 spiro atoms. The third kappa shape index (κ3) is 4.06. The SMILES string of the molecule is O=C(COc1ccc(Cl)cc1)Nc1cccc(N2CCCC2=O)c1. The first-order valence-electron chi connectivity index (χ1n) is 7.70. The number of carbonyl (C=O) groups is 2. The molecule has 0 radical (unpaired) electrons. The molecule has 0 aromatic heterocycles. The average Bonchev–Trinajstić information content (AvgIpc) is 3.01. The van der Waals surface area contributed by atoms with E-state index in [0.717, 1.165) is 18.7 Å². The maximum absolute atomic E-state index is 12.0. The van der Waals surface area contributed by atoms with Gasteiger partial charge in [-0.2, -0.15) is 0 Å². The summed E-state index contributed by atoms with van der Waals surface area (Å²) < 4.78 is 5.41. The van der Waals surface area contributed by atoms with E-state index in [4.69, 9.17) is 16.3 Å². The van der Waals surface area contributed by atoms with Gasteiger partial charge in [0.05, 0.1) is 0 Å². The Kier molecular flexibility index (Phi) is 5.01. The van der Waals surface area contributed by atoms with Crippen LogP contribution in [0.5, 0.6) is 5.75 Å². The van der Waals surface area contributed by atoms with Crippen molar-refractivity contribution >= 4 is 34.8 Å². The zero-order valence-electron chi connectivity index (χ0n) is 13.0. The number of benzene rings is 2. The molecular formula is C18H17ClN2O3. The summed E-state index contributed by atoms with van der Waals surface area (Å²) in [6, 6.07) is 14.1. The molecule has 0 unspecified atom stereocenters. The van der Waals surface area contributed by atoms with Gasteiger partial charge in [0.2, 0.25) is 5.91 Å². The molecule has 3 rings (SSSR count). The quantitative estimate of drug-likeness (QED) is 0.903. The fourth-order valence-electron chi connectivity index (χ4n) is 2.55. The Hall–Kier alpha value is -2.53. The summed E-state index contributed by atoms with van der Waals surface area (Å²) in [4.78, 5) is 25.5. The summed E-state index contributed by atoms with van der Waals surface area (Å²) in [5.41, 5.74) is 1.44. The molecule has 0 aliphatic carbocycles. The largest absolute Gasteiger partial charge is 0.484 e. The molecule has 6 heteroatoms. The van der Waals surface area contributed by atoms with E-state index in [9.17, 15) is 9.59 Å². The number of hydrogen-bond donors (Lipinski definition) is 1. The maximum Gasteiger partial charge on any atom is 0.262 e. The Morgan fingerprint density at radius 2 is 2.00 bits per heavy atom. The normalized spacial score (nSPS) is 13.9. The Bertz CT molecular complexity index is 746. The number of anilines is 2. The molecule has 1 N–H and O–H groups in total. The molecule has 0 bridgehead atoms. The minimum atomic E-state index is -0.269. The third-order valence-electron chi connectivity index (χ3n) is 3.70. The van der Waals surface area contributed by atoms with Gasteiger partial charge in [0.25, 0.3) is 5.91 Å². The Labute approximate surface area is 145 Å². The lowest BCUT2D eigenvalue weighted by atomic mass is 10.2. The molecule has 1 aliphatic rings. The molecule has 0 atom stereocenters. The van der Waals surface area contributed by atoms with Gasteiger partial charge in [-0.15, -0.1) is 0 Å². The second-order valence-electron chi connectivity index (χ2n) is 5.49. The minimum Gasteiger partial charge on any atom is -0.484 e. The molecule has 124 valence electrons. The summed E-state index contributed by atoms with van der Waals surface area (Å²) in [7, 11) is 0. The molecular weight excluding hydrogens is 328 g/mol. The van der Waals surface area contributed by atoms with Gasteiger partial charge in [0.15, 0.2) is 6.61 Å². The average molecular weight is 345 g/mol. The van der Waals surface area contributed by atoms with Crippen LogP contribution in [0.15, 0.2) is 48.5 Å². The zero-order chi connectivity index (χ0) is 16.9. The maximum atomic E-state index is 12.0. The Morgan fingerprint density at radius 1 is 1.21 bits per heavy atom. The molecule has 24 heavy (non-hydrogen) atoms. The highest BCUT2D eigenvalue weighted by Gasteiger charge is 2.21. The van der Waals surface area contributed by atoms with Gasteiger partial charge in [-0.25, -0.2) is 0 Å². The van der Waals surface area contributed by atoms with Crippen molar-refractivity contribution in [3.8, 4) is 5.75 Å². The molecule has 5 nitrogen and oxygen atoms in total. The van der Waals surface area contributed by atoms with Gasteiger partial charge >= 0.3 is 0 Å². The lowest BCUT2D eigenvalue weighted by Gasteiger charge is -2.16. The van der Waals surface area contributed by atoms with Crippen molar-refractivity contribution in [1.82, 2.24) is 0 Å². The second-order valence-corrected chi connectivity index (χ2v) is 5.93. The van der Waals surface area contributed by atoms with Crippen LogP contribution >= 0.6 is 11.6 Å². The van der Waals surface area contributed by atoms with Gasteiger partial charge in [-0.05, 0) is 48.9 Å². The number of halogens is 1. The topological polar surface area (TPSA) is 58.6 Å². The molecule has 2 aromatic rings. The number of nitrogens with one attached hydrogen (secondary N) is 1. The molecule has 1 heterocycles. The molecule has 1 saturated heterocycles. The monoisotopic (exact) mass is 344 g/mol. The number of rotatable bonds is 5. The fraction of sp³-hybridized carbons (Fsp3) is 0.222. The van der Waals surface area contributed by atoms with E-state index in [1.165, 1.54) is 0 Å². The van der Waals surface area contributed by atoms with Crippen LogP contribution in [0, 0.1) is 0 Å². The molecule has 1 fully saturated rings. The summed E-state index contributed by atoms with van der Waals surface area (Å²) in [6.07, 6.45) is 1.44. The molecule has 2 amide bonds. The van der Waals surface area contributed by atoms with Crippen LogP contribution in [-0.4, -0.2) is 25.0 Å². The second kappa shape index (κ2) is 7.36. The van der Waals surface area contributed by atoms with Gasteiger partial charge in [-0.1, -0.05) is 17.7 Å². The Balaban J connectivity index is 1.58. The van der Waals surface area contributed by atoms with Crippen LogP contribution in [0.4, 0.5) is 11.4 Å². The van der Waals surface area contributed by atoms with Crippen LogP contribution in [0.3, 0.4) is 0 Å². The highest BCUT2D eigenvalue weighted by Crippen LogP contribution is 2.24. The molecule has 2 aromatic carbocycles. The van der Waals surface area contributed by atoms with Gasteiger partial charge in [-0.3, -0.25) is 9.59 Å². The van der Waals surface area contributed by atoms with Crippen LogP contribution in [0.1, 0.15) is 12.8 Å². The van der Waals surface area contributed by atoms with E-state index >= 15 is 0 Å². The predicted molar refractivity (Wildman–Crippen MR) is 93.6 cm³/mol. The summed E-state index contributed by atoms with van der Waals surface area (Å²) in [5, 5.41) is 3.39. The van der Waals surface area contributed by atoms with E-state index in [0.29, 0.717) is 22.9 Å². The van der Waals surface area contributed by atoms with Gasteiger partial charge in [0, 0.05) is 29.4 Å². The first kappa shape index (κ1) is 16.3. The van der Waals surface area contributed by atoms with E-state index < -0.39 is 0 Å². The van der Waals surface area contributed by atoms with Crippen LogP contribution in [0.2, 0.25) is 5.02 Å². The first-order valence-corrected chi connectivity index (χ1v) is 8.08. The first-order chi connectivity index (χ1) is 11.6. The van der Waals surface area contributed by atoms with Gasteiger partial charge < -0.3 is 15.0 Å². The fourth-order valence-corrected chi connectivity index (χ4v) is 2.68. The minimum absolute atomic E-state index is 0.103. The standard InChI is InChI=1S/C18H17ClN2O3/c19-13-6-8-16(9-7-13)24-12-17(22)20-14-3-1-4-15(11-14)21-10-2-5-18(21)23/h1,3-4,6-9,11H,2,5,10,12H2,(H,20,22). The lowest BCUT2D eigenvalue weighted by Crippen LogP contribution is -2.24. The van der Waals surface area contributed by atoms with Crippen LogP contribution in [-0.2, 0) is 9.59 Å². The van der Waals surface area contributed by atoms with Crippen LogP contribution < -0.4 is 15.0 Å². The predicted octanol–water partition coefficient (Wildman–Crippen LogP) is 3.48. The number of hydrogen-bond acceptors (Lipinski definition) is 3. The smallest absolute Gasteiger partial charge is 0.262 e. The summed E-state index contributed by atoms with van der Waals surface area (Å²) in [5.74, 6) is 0.422. The summed E-state index contributed by atoms with van der Waals surface area (Å²) >= 11 is 5.80. The van der Waals surface area contributed by atoms with Crippen molar-refractivity contribution in [1.29, 1.82) is 0 Å². The molecule has 1 aliphatic heterocycles. The molecule has 0 saturated carbocycles. The lowest BCUT2D eigenvalue weighted by molar-refractivity contribution is -0.118. The Morgan fingerprint density at radius 3 is 2.71 bits per heavy atom.